The Morgan fingerprint density at radius 3 is 2.73 bits per heavy atom. The number of hydrogen-bond acceptors (Lipinski definition) is 6. The number of rotatable bonds is 3. The van der Waals surface area contributed by atoms with E-state index in [2.05, 4.69) is 32.3 Å². The molecule has 4 aromatic rings. The summed E-state index contributed by atoms with van der Waals surface area (Å²) in [4.78, 5) is 8.50. The molecule has 0 aliphatic carbocycles. The molecule has 0 aliphatic rings. The minimum atomic E-state index is 0.428. The van der Waals surface area contributed by atoms with Crippen molar-refractivity contribution in [3.63, 3.8) is 0 Å². The van der Waals surface area contributed by atoms with Gasteiger partial charge in [-0.05, 0) is 11.8 Å². The fraction of sp³-hybridized carbons (Fsp3) is 0.143. The minimum Gasteiger partial charge on any atom is -0.382 e. The highest BCUT2D eigenvalue weighted by atomic mass is 32.2. The molecule has 3 aromatic heterocycles. The van der Waals surface area contributed by atoms with E-state index < -0.39 is 0 Å². The minimum absolute atomic E-state index is 0.428. The number of imidazole rings is 1. The van der Waals surface area contributed by atoms with E-state index in [0.29, 0.717) is 12.4 Å². The predicted molar refractivity (Wildman–Crippen MR) is 85.8 cm³/mol. The number of aromatic nitrogens is 6. The van der Waals surface area contributed by atoms with Gasteiger partial charge < -0.3 is 5.73 Å². The van der Waals surface area contributed by atoms with Crippen molar-refractivity contribution in [2.45, 2.75) is 11.7 Å². The van der Waals surface area contributed by atoms with Crippen LogP contribution >= 0.6 is 11.8 Å². The standard InChI is InChI=1S/C14H13N7S/c1-22-14-19-18-13-20(7-9-5-3-2-4-6-9)12-10(21(13)14)11(15)16-8-17-12/h2-6,8H,7H2,1H3,(H2,15,16,17). The van der Waals surface area contributed by atoms with Crippen LogP contribution in [0.3, 0.4) is 0 Å². The Kier molecular flexibility index (Phi) is 2.97. The van der Waals surface area contributed by atoms with Gasteiger partial charge in [0.2, 0.25) is 5.78 Å². The van der Waals surface area contributed by atoms with Gasteiger partial charge in [-0.15, -0.1) is 10.2 Å². The van der Waals surface area contributed by atoms with Crippen LogP contribution in [0.15, 0.2) is 41.8 Å². The van der Waals surface area contributed by atoms with E-state index >= 15 is 0 Å². The van der Waals surface area contributed by atoms with Crippen molar-refractivity contribution < 1.29 is 0 Å². The van der Waals surface area contributed by atoms with Gasteiger partial charge in [0.25, 0.3) is 0 Å². The third-order valence-corrected chi connectivity index (χ3v) is 4.16. The first-order chi connectivity index (χ1) is 10.8. The topological polar surface area (TPSA) is 86.9 Å². The molecule has 8 heteroatoms. The highest BCUT2D eigenvalue weighted by Gasteiger charge is 2.19. The smallest absolute Gasteiger partial charge is 0.238 e. The zero-order chi connectivity index (χ0) is 15.1. The molecule has 4 rings (SSSR count). The first kappa shape index (κ1) is 13.1. The van der Waals surface area contributed by atoms with Crippen LogP contribution in [0, 0.1) is 0 Å². The summed E-state index contributed by atoms with van der Waals surface area (Å²) < 4.78 is 3.92. The maximum absolute atomic E-state index is 6.06. The quantitative estimate of drug-likeness (QED) is 0.581. The Bertz CT molecular complexity index is 958. The molecular weight excluding hydrogens is 298 g/mol. The fourth-order valence-corrected chi connectivity index (χ4v) is 3.04. The van der Waals surface area contributed by atoms with Gasteiger partial charge in [-0.25, -0.2) is 14.4 Å². The number of anilines is 1. The first-order valence-corrected chi connectivity index (χ1v) is 7.94. The van der Waals surface area contributed by atoms with Gasteiger partial charge in [0.1, 0.15) is 11.8 Å². The maximum Gasteiger partial charge on any atom is 0.238 e. The molecule has 0 bridgehead atoms. The van der Waals surface area contributed by atoms with E-state index in [-0.39, 0.29) is 0 Å². The van der Waals surface area contributed by atoms with Crippen LogP contribution in [0.2, 0.25) is 0 Å². The summed E-state index contributed by atoms with van der Waals surface area (Å²) >= 11 is 1.51. The molecule has 0 spiro atoms. The molecule has 0 fully saturated rings. The molecule has 3 heterocycles. The third-order valence-electron chi connectivity index (χ3n) is 3.53. The number of nitrogens with zero attached hydrogens (tertiary/aromatic N) is 6. The number of benzene rings is 1. The molecule has 0 saturated heterocycles. The van der Waals surface area contributed by atoms with Crippen LogP contribution in [0.4, 0.5) is 5.82 Å². The van der Waals surface area contributed by atoms with Gasteiger partial charge in [-0.3, -0.25) is 4.57 Å². The molecular formula is C14H13N7S. The summed E-state index contributed by atoms with van der Waals surface area (Å²) in [6.07, 6.45) is 3.43. The van der Waals surface area contributed by atoms with Gasteiger partial charge in [-0.1, -0.05) is 42.1 Å². The van der Waals surface area contributed by atoms with Gasteiger partial charge in [0.15, 0.2) is 16.6 Å². The molecule has 0 atom stereocenters. The molecule has 2 N–H and O–H groups in total. The summed E-state index contributed by atoms with van der Waals surface area (Å²) in [5.74, 6) is 1.15. The Morgan fingerprint density at radius 1 is 1.14 bits per heavy atom. The molecule has 0 aliphatic heterocycles. The number of thioether (sulfide) groups is 1. The lowest BCUT2D eigenvalue weighted by molar-refractivity contribution is 0.828. The number of fused-ring (bicyclic) bond motifs is 3. The van der Waals surface area contributed by atoms with Crippen molar-refractivity contribution in [2.24, 2.45) is 0 Å². The predicted octanol–water partition coefficient (Wildman–Crippen LogP) is 1.83. The fourth-order valence-electron chi connectivity index (χ4n) is 2.57. The molecule has 0 saturated carbocycles. The zero-order valence-corrected chi connectivity index (χ0v) is 12.7. The summed E-state index contributed by atoms with van der Waals surface area (Å²) in [5, 5.41) is 9.28. The lowest BCUT2D eigenvalue weighted by Gasteiger charge is -2.04. The normalized spacial score (nSPS) is 11.5. The maximum atomic E-state index is 6.06. The van der Waals surface area contributed by atoms with Crippen molar-refractivity contribution in [3.8, 4) is 0 Å². The van der Waals surface area contributed by atoms with Crippen molar-refractivity contribution in [2.75, 3.05) is 12.0 Å². The summed E-state index contributed by atoms with van der Waals surface area (Å²) in [6, 6.07) is 10.2. The van der Waals surface area contributed by atoms with Crippen LogP contribution in [0.5, 0.6) is 0 Å². The van der Waals surface area contributed by atoms with Crippen LogP contribution < -0.4 is 5.73 Å². The summed E-state index contributed by atoms with van der Waals surface area (Å²) in [7, 11) is 0. The largest absolute Gasteiger partial charge is 0.382 e. The molecule has 1 aromatic carbocycles. The lowest BCUT2D eigenvalue weighted by Crippen LogP contribution is -2.02. The lowest BCUT2D eigenvalue weighted by atomic mass is 10.2. The summed E-state index contributed by atoms with van der Waals surface area (Å²) in [5.41, 5.74) is 8.73. The summed E-state index contributed by atoms with van der Waals surface area (Å²) in [6.45, 7) is 0.650. The monoisotopic (exact) mass is 311 g/mol. The van der Waals surface area contributed by atoms with E-state index in [1.807, 2.05) is 33.4 Å². The molecule has 0 radical (unpaired) electrons. The van der Waals surface area contributed by atoms with Crippen LogP contribution in [0.1, 0.15) is 5.56 Å². The van der Waals surface area contributed by atoms with E-state index in [0.717, 1.165) is 27.7 Å². The number of hydrogen-bond donors (Lipinski definition) is 1. The Morgan fingerprint density at radius 2 is 1.95 bits per heavy atom. The van der Waals surface area contributed by atoms with Gasteiger partial charge in [0, 0.05) is 0 Å². The van der Waals surface area contributed by atoms with E-state index in [9.17, 15) is 0 Å². The van der Waals surface area contributed by atoms with E-state index in [4.69, 9.17) is 5.73 Å². The van der Waals surface area contributed by atoms with Crippen LogP contribution in [-0.2, 0) is 6.54 Å². The Labute approximate surface area is 130 Å². The zero-order valence-electron chi connectivity index (χ0n) is 11.8. The molecule has 0 unspecified atom stereocenters. The van der Waals surface area contributed by atoms with Crippen LogP contribution in [0.25, 0.3) is 16.9 Å². The number of nitrogen functional groups attached to an aromatic ring is 1. The average Bonchev–Trinajstić information content (AvgIpc) is 3.08. The van der Waals surface area contributed by atoms with Gasteiger partial charge in [-0.2, -0.15) is 0 Å². The van der Waals surface area contributed by atoms with Gasteiger partial charge >= 0.3 is 0 Å². The van der Waals surface area contributed by atoms with Crippen molar-refractivity contribution >= 4 is 34.5 Å². The van der Waals surface area contributed by atoms with Crippen molar-refractivity contribution in [1.82, 2.24) is 29.1 Å². The third kappa shape index (κ3) is 1.84. The second-order valence-electron chi connectivity index (χ2n) is 4.82. The van der Waals surface area contributed by atoms with E-state index in [1.54, 1.807) is 0 Å². The first-order valence-electron chi connectivity index (χ1n) is 6.71. The van der Waals surface area contributed by atoms with Gasteiger partial charge in [0.05, 0.1) is 6.54 Å². The second-order valence-corrected chi connectivity index (χ2v) is 5.60. The molecule has 22 heavy (non-hydrogen) atoms. The van der Waals surface area contributed by atoms with Crippen molar-refractivity contribution in [3.05, 3.63) is 42.2 Å². The van der Waals surface area contributed by atoms with Crippen molar-refractivity contribution in [1.29, 1.82) is 0 Å². The highest BCUT2D eigenvalue weighted by molar-refractivity contribution is 7.98. The Hall–Kier alpha value is -2.61. The average molecular weight is 311 g/mol. The molecule has 110 valence electrons. The van der Waals surface area contributed by atoms with E-state index in [1.165, 1.54) is 18.1 Å². The second kappa shape index (κ2) is 4.99. The molecule has 7 nitrogen and oxygen atoms in total. The molecule has 0 amide bonds. The Balaban J connectivity index is 2.03. The highest BCUT2D eigenvalue weighted by Crippen LogP contribution is 2.26. The SMILES string of the molecule is CSc1nnc2n(Cc3ccccc3)c3ncnc(N)c3n12. The number of nitrogens with two attached hydrogens (primary N) is 1. The van der Waals surface area contributed by atoms with Crippen LogP contribution in [-0.4, -0.2) is 35.4 Å².